The molecular weight excluding hydrogens is 362 g/mol. The fourth-order valence-electron chi connectivity index (χ4n) is 2.83. The maximum atomic E-state index is 9.71. The number of methoxy groups -OCH3 is 1. The van der Waals surface area contributed by atoms with Crippen LogP contribution in [0.25, 0.3) is 10.9 Å². The van der Waals surface area contributed by atoms with E-state index in [2.05, 4.69) is 29.5 Å². The molecule has 142 valence electrons. The Labute approximate surface area is 164 Å². The molecule has 3 rings (SSSR count). The second-order valence-electron chi connectivity index (χ2n) is 7.12. The van der Waals surface area contributed by atoms with Crippen molar-refractivity contribution in [2.24, 2.45) is 0 Å². The zero-order chi connectivity index (χ0) is 19.4. The highest BCUT2D eigenvalue weighted by atomic mass is 35.5. The van der Waals surface area contributed by atoms with E-state index < -0.39 is 0 Å². The number of hydrogen-bond acceptors (Lipinski definition) is 5. The Hall–Kier alpha value is -2.50. The predicted molar refractivity (Wildman–Crippen MR) is 111 cm³/mol. The molecule has 5 nitrogen and oxygen atoms in total. The van der Waals surface area contributed by atoms with Crippen LogP contribution in [0.15, 0.2) is 48.7 Å². The Kier molecular flexibility index (Phi) is 5.73. The summed E-state index contributed by atoms with van der Waals surface area (Å²) < 4.78 is 5.17. The molecule has 2 aromatic carbocycles. The molecule has 3 aromatic rings. The number of hydrogen-bond donors (Lipinski definition) is 3. The van der Waals surface area contributed by atoms with Crippen molar-refractivity contribution in [1.29, 1.82) is 0 Å². The van der Waals surface area contributed by atoms with Crippen molar-refractivity contribution in [1.82, 2.24) is 10.3 Å². The fourth-order valence-corrected chi connectivity index (χ4v) is 2.99. The summed E-state index contributed by atoms with van der Waals surface area (Å²) in [6.07, 6.45) is 1.78. The number of aromatic nitrogens is 1. The first kappa shape index (κ1) is 19.3. The van der Waals surface area contributed by atoms with E-state index in [4.69, 9.17) is 16.3 Å². The summed E-state index contributed by atoms with van der Waals surface area (Å²) >= 11 is 6.06. The van der Waals surface area contributed by atoms with Crippen LogP contribution in [0.5, 0.6) is 11.5 Å². The lowest BCUT2D eigenvalue weighted by atomic mass is 10.0. The van der Waals surface area contributed by atoms with Crippen LogP contribution in [0.3, 0.4) is 0 Å². The lowest BCUT2D eigenvalue weighted by Crippen LogP contribution is -2.44. The van der Waals surface area contributed by atoms with E-state index in [0.29, 0.717) is 17.3 Å². The van der Waals surface area contributed by atoms with Gasteiger partial charge in [0, 0.05) is 40.9 Å². The van der Waals surface area contributed by atoms with E-state index >= 15 is 0 Å². The van der Waals surface area contributed by atoms with E-state index in [1.807, 2.05) is 36.4 Å². The molecule has 0 unspecified atom stereocenters. The Balaban J connectivity index is 1.65. The number of anilines is 1. The molecule has 27 heavy (non-hydrogen) atoms. The van der Waals surface area contributed by atoms with Crippen LogP contribution < -0.4 is 15.4 Å². The first-order valence-electron chi connectivity index (χ1n) is 8.77. The zero-order valence-corrected chi connectivity index (χ0v) is 16.5. The van der Waals surface area contributed by atoms with Gasteiger partial charge in [0.1, 0.15) is 0 Å². The summed E-state index contributed by atoms with van der Waals surface area (Å²) in [5.74, 6) is 0.624. The number of rotatable bonds is 7. The molecule has 1 aromatic heterocycles. The number of phenolic OH excluding ortho intramolecular Hbond substituents is 1. The maximum Gasteiger partial charge on any atom is 0.160 e. The lowest BCUT2D eigenvalue weighted by molar-refractivity contribution is 0.371. The highest BCUT2D eigenvalue weighted by Crippen LogP contribution is 2.27. The summed E-state index contributed by atoms with van der Waals surface area (Å²) in [5.41, 5.74) is 2.78. The number of nitrogens with zero attached hydrogens (tertiary/aromatic N) is 1. The van der Waals surface area contributed by atoms with Crippen LogP contribution in [0.2, 0.25) is 5.02 Å². The number of halogens is 1. The van der Waals surface area contributed by atoms with E-state index in [-0.39, 0.29) is 11.3 Å². The molecule has 0 aliphatic rings. The summed E-state index contributed by atoms with van der Waals surface area (Å²) in [4.78, 5) is 4.37. The molecular formula is C21H24ClN3O2. The molecule has 0 spiro atoms. The second-order valence-corrected chi connectivity index (χ2v) is 7.55. The molecule has 0 radical (unpaired) electrons. The van der Waals surface area contributed by atoms with Crippen molar-refractivity contribution >= 4 is 28.2 Å². The largest absolute Gasteiger partial charge is 0.504 e. The molecule has 0 fully saturated rings. The van der Waals surface area contributed by atoms with E-state index in [1.54, 1.807) is 19.4 Å². The molecule has 3 N–H and O–H groups in total. The van der Waals surface area contributed by atoms with Gasteiger partial charge in [-0.3, -0.25) is 4.98 Å². The first-order valence-corrected chi connectivity index (χ1v) is 9.15. The highest BCUT2D eigenvalue weighted by molar-refractivity contribution is 6.31. The van der Waals surface area contributed by atoms with E-state index in [0.717, 1.165) is 28.7 Å². The normalized spacial score (nSPS) is 11.6. The van der Waals surface area contributed by atoms with Gasteiger partial charge in [0.25, 0.3) is 0 Å². The molecule has 0 atom stereocenters. The van der Waals surface area contributed by atoms with Crippen LogP contribution in [0.4, 0.5) is 5.69 Å². The van der Waals surface area contributed by atoms with Crippen molar-refractivity contribution in [2.45, 2.75) is 25.9 Å². The lowest BCUT2D eigenvalue weighted by Gasteiger charge is -2.28. The Morgan fingerprint density at radius 3 is 2.74 bits per heavy atom. The minimum Gasteiger partial charge on any atom is -0.504 e. The number of nitrogens with one attached hydrogen (secondary N) is 2. The average molecular weight is 386 g/mol. The minimum atomic E-state index is -0.160. The van der Waals surface area contributed by atoms with Crippen molar-refractivity contribution in [3.05, 3.63) is 59.2 Å². The van der Waals surface area contributed by atoms with Crippen LogP contribution >= 0.6 is 11.6 Å². The Morgan fingerprint density at radius 1 is 1.15 bits per heavy atom. The van der Waals surface area contributed by atoms with Crippen LogP contribution in [-0.4, -0.2) is 29.3 Å². The van der Waals surface area contributed by atoms with Gasteiger partial charge < -0.3 is 20.5 Å². The zero-order valence-electron chi connectivity index (χ0n) is 15.7. The van der Waals surface area contributed by atoms with Gasteiger partial charge >= 0.3 is 0 Å². The molecule has 1 heterocycles. The van der Waals surface area contributed by atoms with Gasteiger partial charge in [-0.25, -0.2) is 0 Å². The summed E-state index contributed by atoms with van der Waals surface area (Å²) in [6, 6.07) is 13.1. The van der Waals surface area contributed by atoms with E-state index in [9.17, 15) is 5.11 Å². The van der Waals surface area contributed by atoms with Gasteiger partial charge in [0.2, 0.25) is 0 Å². The molecule has 0 aliphatic heterocycles. The molecule has 6 heteroatoms. The molecule has 0 aliphatic carbocycles. The second kappa shape index (κ2) is 8.03. The SMILES string of the molecule is COc1cc(CNC(C)(C)CNc2ccnc3cc(Cl)ccc23)ccc1O. The van der Waals surface area contributed by atoms with Crippen molar-refractivity contribution in [3.8, 4) is 11.5 Å². The smallest absolute Gasteiger partial charge is 0.160 e. The number of aromatic hydroxyl groups is 1. The van der Waals surface area contributed by atoms with Crippen LogP contribution in [-0.2, 0) is 6.54 Å². The molecule has 0 saturated heterocycles. The van der Waals surface area contributed by atoms with Crippen molar-refractivity contribution in [2.75, 3.05) is 19.0 Å². The number of fused-ring (bicyclic) bond motifs is 1. The number of pyridine rings is 1. The van der Waals surface area contributed by atoms with Gasteiger partial charge in [-0.2, -0.15) is 0 Å². The molecule has 0 bridgehead atoms. The number of phenols is 1. The van der Waals surface area contributed by atoms with Gasteiger partial charge in [-0.15, -0.1) is 0 Å². The summed E-state index contributed by atoms with van der Waals surface area (Å²) in [6.45, 7) is 5.66. The van der Waals surface area contributed by atoms with Gasteiger partial charge in [-0.1, -0.05) is 17.7 Å². The third-order valence-corrected chi connectivity index (χ3v) is 4.68. The van der Waals surface area contributed by atoms with E-state index in [1.165, 1.54) is 0 Å². The monoisotopic (exact) mass is 385 g/mol. The van der Waals surface area contributed by atoms with Crippen molar-refractivity contribution in [3.63, 3.8) is 0 Å². The van der Waals surface area contributed by atoms with Crippen LogP contribution in [0.1, 0.15) is 19.4 Å². The number of ether oxygens (including phenoxy) is 1. The highest BCUT2D eigenvalue weighted by Gasteiger charge is 2.17. The summed E-state index contributed by atoms with van der Waals surface area (Å²) in [5, 5.41) is 18.5. The third-order valence-electron chi connectivity index (χ3n) is 4.44. The topological polar surface area (TPSA) is 66.4 Å². The van der Waals surface area contributed by atoms with Gasteiger partial charge in [0.05, 0.1) is 12.6 Å². The first-order chi connectivity index (χ1) is 12.9. The standard InChI is InChI=1S/C21H24ClN3O2/c1-21(2,25-12-14-4-7-19(26)20(10-14)27-3)13-24-17-8-9-23-18-11-15(22)5-6-16(17)18/h4-11,25-26H,12-13H2,1-3H3,(H,23,24). The molecule has 0 amide bonds. The minimum absolute atomic E-state index is 0.145. The molecule has 0 saturated carbocycles. The Morgan fingerprint density at radius 2 is 1.96 bits per heavy atom. The maximum absolute atomic E-state index is 9.71. The Bertz CT molecular complexity index is 944. The predicted octanol–water partition coefficient (Wildman–Crippen LogP) is 4.58. The average Bonchev–Trinajstić information content (AvgIpc) is 2.65. The van der Waals surface area contributed by atoms with Gasteiger partial charge in [0.15, 0.2) is 11.5 Å². The third kappa shape index (κ3) is 4.81. The number of benzene rings is 2. The quantitative estimate of drug-likeness (QED) is 0.555. The van der Waals surface area contributed by atoms with Crippen molar-refractivity contribution < 1.29 is 9.84 Å². The fraction of sp³-hybridized carbons (Fsp3) is 0.286. The van der Waals surface area contributed by atoms with Gasteiger partial charge in [-0.05, 0) is 55.8 Å². The summed E-state index contributed by atoms with van der Waals surface area (Å²) in [7, 11) is 1.55. The van der Waals surface area contributed by atoms with Crippen LogP contribution in [0, 0.1) is 0 Å².